The third-order valence-corrected chi connectivity index (χ3v) is 2.96. The van der Waals surface area contributed by atoms with Crippen LogP contribution in [0.15, 0.2) is 30.0 Å². The molecular weight excluding hydrogens is 216 g/mol. The van der Waals surface area contributed by atoms with Gasteiger partial charge in [-0.15, -0.1) is 0 Å². The summed E-state index contributed by atoms with van der Waals surface area (Å²) in [6, 6.07) is 7.70. The fourth-order valence-corrected chi connectivity index (χ4v) is 1.67. The Morgan fingerprint density at radius 1 is 1.29 bits per heavy atom. The molecule has 2 N–H and O–H groups in total. The monoisotopic (exact) mass is 232 g/mol. The van der Waals surface area contributed by atoms with Gasteiger partial charge in [0.15, 0.2) is 0 Å². The fourth-order valence-electron chi connectivity index (χ4n) is 1.67. The van der Waals surface area contributed by atoms with Crippen molar-refractivity contribution in [3.63, 3.8) is 0 Å². The maximum absolute atomic E-state index is 11.6. The maximum Gasteiger partial charge on any atom is 0.249 e. The van der Waals surface area contributed by atoms with Crippen LogP contribution in [0, 0.1) is 5.41 Å². The van der Waals surface area contributed by atoms with E-state index < -0.39 is 5.41 Å². The van der Waals surface area contributed by atoms with E-state index in [1.54, 1.807) is 7.11 Å². The topological polar surface area (TPSA) is 50.4 Å². The summed E-state index contributed by atoms with van der Waals surface area (Å²) < 4.78 is 5.16. The molecule has 0 saturated carbocycles. The highest BCUT2D eigenvalue weighted by molar-refractivity contribution is 5.89. The van der Waals surface area contributed by atoms with Crippen molar-refractivity contribution in [3.8, 4) is 5.75 Å². The minimum absolute atomic E-state index is 0.0216. The van der Waals surface area contributed by atoms with E-state index in [1.165, 1.54) is 0 Å². The van der Waals surface area contributed by atoms with Gasteiger partial charge >= 0.3 is 0 Å². The van der Waals surface area contributed by atoms with Crippen LogP contribution in [0.1, 0.15) is 19.4 Å². The first-order chi connectivity index (χ1) is 8.04. The molecule has 0 aromatic heterocycles. The highest BCUT2D eigenvalue weighted by Crippen LogP contribution is 2.29. The van der Waals surface area contributed by atoms with Crippen molar-refractivity contribution in [2.45, 2.75) is 13.8 Å². The molecule has 0 unspecified atom stereocenters. The average Bonchev–Trinajstić information content (AvgIpc) is 2.56. The lowest BCUT2D eigenvalue weighted by Gasteiger charge is -2.14. The SMILES string of the molecule is COc1cccc(/C=C2\NNC(=O)C2(C)C)c1. The van der Waals surface area contributed by atoms with Crippen molar-refractivity contribution < 1.29 is 9.53 Å². The molecule has 4 nitrogen and oxygen atoms in total. The Balaban J connectivity index is 2.33. The predicted molar refractivity (Wildman–Crippen MR) is 66.0 cm³/mol. The molecule has 1 aliphatic rings. The maximum atomic E-state index is 11.6. The number of nitrogens with one attached hydrogen (secondary N) is 2. The Labute approximate surface area is 101 Å². The molecule has 2 rings (SSSR count). The molecule has 0 atom stereocenters. The summed E-state index contributed by atoms with van der Waals surface area (Å²) >= 11 is 0. The van der Waals surface area contributed by atoms with Gasteiger partial charge in [0.05, 0.1) is 12.5 Å². The van der Waals surface area contributed by atoms with Crippen LogP contribution in [-0.2, 0) is 4.79 Å². The molecule has 90 valence electrons. The molecule has 17 heavy (non-hydrogen) atoms. The molecule has 1 saturated heterocycles. The molecule has 0 radical (unpaired) electrons. The van der Waals surface area contributed by atoms with Crippen LogP contribution in [0.4, 0.5) is 0 Å². The quantitative estimate of drug-likeness (QED) is 0.816. The van der Waals surface area contributed by atoms with Gasteiger partial charge in [-0.05, 0) is 37.6 Å². The van der Waals surface area contributed by atoms with E-state index in [4.69, 9.17) is 4.74 Å². The minimum atomic E-state index is -0.525. The van der Waals surface area contributed by atoms with Crippen LogP contribution in [0.25, 0.3) is 6.08 Å². The molecule has 1 aromatic carbocycles. The normalized spacial score (nSPS) is 19.9. The number of hydrogen-bond donors (Lipinski definition) is 2. The third-order valence-electron chi connectivity index (χ3n) is 2.96. The number of hydrazine groups is 1. The van der Waals surface area contributed by atoms with Crippen molar-refractivity contribution in [2.24, 2.45) is 5.41 Å². The third kappa shape index (κ3) is 2.11. The van der Waals surface area contributed by atoms with Crippen molar-refractivity contribution in [1.82, 2.24) is 10.9 Å². The van der Waals surface area contributed by atoms with E-state index in [2.05, 4.69) is 10.9 Å². The van der Waals surface area contributed by atoms with Crippen molar-refractivity contribution in [2.75, 3.05) is 7.11 Å². The first-order valence-corrected chi connectivity index (χ1v) is 5.47. The van der Waals surface area contributed by atoms with Crippen LogP contribution in [-0.4, -0.2) is 13.0 Å². The van der Waals surface area contributed by atoms with Gasteiger partial charge in [-0.2, -0.15) is 0 Å². The van der Waals surface area contributed by atoms with E-state index in [1.807, 2.05) is 44.2 Å². The van der Waals surface area contributed by atoms with Crippen LogP contribution in [0.2, 0.25) is 0 Å². The molecule has 1 heterocycles. The standard InChI is InChI=1S/C13H16N2O2/c1-13(2)11(14-15-12(13)16)8-9-5-4-6-10(7-9)17-3/h4-8,14H,1-3H3,(H,15,16)/b11-8-. The van der Waals surface area contributed by atoms with Gasteiger partial charge < -0.3 is 10.2 Å². The van der Waals surface area contributed by atoms with Crippen LogP contribution in [0.3, 0.4) is 0 Å². The first-order valence-electron chi connectivity index (χ1n) is 5.47. The van der Waals surface area contributed by atoms with Gasteiger partial charge in [0.25, 0.3) is 0 Å². The zero-order valence-electron chi connectivity index (χ0n) is 10.2. The van der Waals surface area contributed by atoms with E-state index >= 15 is 0 Å². The highest BCUT2D eigenvalue weighted by Gasteiger charge is 2.37. The second kappa shape index (κ2) is 4.13. The molecule has 0 spiro atoms. The molecule has 4 heteroatoms. The average molecular weight is 232 g/mol. The minimum Gasteiger partial charge on any atom is -0.497 e. The summed E-state index contributed by atoms with van der Waals surface area (Å²) in [5, 5.41) is 0. The largest absolute Gasteiger partial charge is 0.497 e. The van der Waals surface area contributed by atoms with Gasteiger partial charge in [0, 0.05) is 5.70 Å². The molecule has 1 aliphatic heterocycles. The van der Waals surface area contributed by atoms with Crippen LogP contribution >= 0.6 is 0 Å². The number of ether oxygens (including phenoxy) is 1. The van der Waals surface area contributed by atoms with E-state index in [9.17, 15) is 4.79 Å². The van der Waals surface area contributed by atoms with Crippen molar-refractivity contribution in [3.05, 3.63) is 35.5 Å². The first kappa shape index (κ1) is 11.5. The lowest BCUT2D eigenvalue weighted by atomic mass is 9.89. The number of methoxy groups -OCH3 is 1. The summed E-state index contributed by atoms with van der Waals surface area (Å²) in [6.07, 6.45) is 1.94. The summed E-state index contributed by atoms with van der Waals surface area (Å²) in [7, 11) is 1.63. The fraction of sp³-hybridized carbons (Fsp3) is 0.308. The van der Waals surface area contributed by atoms with Gasteiger partial charge in [0.1, 0.15) is 5.75 Å². The van der Waals surface area contributed by atoms with Crippen molar-refractivity contribution in [1.29, 1.82) is 0 Å². The summed E-state index contributed by atoms with van der Waals surface area (Å²) in [5.74, 6) is 0.779. The number of rotatable bonds is 2. The van der Waals surface area contributed by atoms with Gasteiger partial charge in [-0.25, -0.2) is 0 Å². The Morgan fingerprint density at radius 3 is 2.65 bits per heavy atom. The van der Waals surface area contributed by atoms with Crippen LogP contribution < -0.4 is 15.6 Å². The summed E-state index contributed by atoms with van der Waals surface area (Å²) in [6.45, 7) is 3.77. The molecule has 1 amide bonds. The smallest absolute Gasteiger partial charge is 0.249 e. The number of amides is 1. The molecule has 1 aromatic rings. The Hall–Kier alpha value is -1.97. The molecular formula is C13H16N2O2. The zero-order chi connectivity index (χ0) is 12.5. The Bertz CT molecular complexity index is 478. The van der Waals surface area contributed by atoms with Crippen molar-refractivity contribution >= 4 is 12.0 Å². The summed E-state index contributed by atoms with van der Waals surface area (Å²) in [5.41, 5.74) is 6.85. The van der Waals surface area contributed by atoms with E-state index in [-0.39, 0.29) is 5.91 Å². The predicted octanol–water partition coefficient (Wildman–Crippen LogP) is 1.70. The second-order valence-electron chi connectivity index (χ2n) is 4.54. The lowest BCUT2D eigenvalue weighted by Crippen LogP contribution is -2.28. The van der Waals surface area contributed by atoms with Gasteiger partial charge in [0.2, 0.25) is 5.91 Å². The number of carbonyl (C=O) groups is 1. The van der Waals surface area contributed by atoms with E-state index in [0.29, 0.717) is 0 Å². The van der Waals surface area contributed by atoms with Gasteiger partial charge in [-0.3, -0.25) is 10.2 Å². The van der Waals surface area contributed by atoms with E-state index in [0.717, 1.165) is 17.0 Å². The van der Waals surface area contributed by atoms with Crippen LogP contribution in [0.5, 0.6) is 5.75 Å². The summed E-state index contributed by atoms with van der Waals surface area (Å²) in [4.78, 5) is 11.6. The number of benzene rings is 1. The Kier molecular flexibility index (Phi) is 2.79. The molecule has 0 bridgehead atoms. The number of carbonyl (C=O) groups excluding carboxylic acids is 1. The highest BCUT2D eigenvalue weighted by atomic mass is 16.5. The molecule has 0 aliphatic carbocycles. The van der Waals surface area contributed by atoms with Gasteiger partial charge in [-0.1, -0.05) is 12.1 Å². The molecule has 1 fully saturated rings. The second-order valence-corrected chi connectivity index (χ2v) is 4.54. The Morgan fingerprint density at radius 2 is 2.06 bits per heavy atom. The lowest BCUT2D eigenvalue weighted by molar-refractivity contribution is -0.125. The number of hydrogen-bond acceptors (Lipinski definition) is 3. The zero-order valence-corrected chi connectivity index (χ0v) is 10.2.